The molecule has 100 valence electrons. The van der Waals surface area contributed by atoms with E-state index < -0.39 is 5.41 Å². The molecule has 0 atom stereocenters. The highest BCUT2D eigenvalue weighted by Gasteiger charge is 2.53. The summed E-state index contributed by atoms with van der Waals surface area (Å²) in [7, 11) is 0. The van der Waals surface area contributed by atoms with Crippen LogP contribution < -0.4 is 4.90 Å². The number of anilines is 1. The highest BCUT2D eigenvalue weighted by molar-refractivity contribution is 14.1. The van der Waals surface area contributed by atoms with Crippen LogP contribution >= 0.6 is 38.5 Å². The summed E-state index contributed by atoms with van der Waals surface area (Å²) in [6.07, 6.45) is 4.20. The average molecular weight is 434 g/mol. The van der Waals surface area contributed by atoms with Crippen LogP contribution in [0.15, 0.2) is 22.7 Å². The number of amides is 2. The monoisotopic (exact) mass is 433 g/mol. The van der Waals surface area contributed by atoms with Crippen LogP contribution in [0.3, 0.4) is 0 Å². The van der Waals surface area contributed by atoms with Gasteiger partial charge in [-0.1, -0.05) is 12.8 Å². The normalized spacial score (nSPS) is 21.7. The summed E-state index contributed by atoms with van der Waals surface area (Å²) in [5.74, 6) is -0.0627. The molecule has 3 rings (SSSR count). The predicted octanol–water partition coefficient (Wildman–Crippen LogP) is 3.88. The van der Waals surface area contributed by atoms with Crippen molar-refractivity contribution in [2.45, 2.75) is 32.1 Å². The third-order valence-corrected chi connectivity index (χ3v) is 5.45. The first kappa shape index (κ1) is 13.5. The Kier molecular flexibility index (Phi) is 3.45. The van der Waals surface area contributed by atoms with Crippen LogP contribution in [0.1, 0.15) is 32.1 Å². The summed E-state index contributed by atoms with van der Waals surface area (Å²) in [4.78, 5) is 26.4. The molecule has 1 saturated carbocycles. The molecular formula is C14H13BrINO2. The zero-order chi connectivity index (χ0) is 13.6. The molecule has 2 amide bonds. The van der Waals surface area contributed by atoms with Crippen molar-refractivity contribution in [3.63, 3.8) is 0 Å². The van der Waals surface area contributed by atoms with E-state index in [1.807, 2.05) is 18.2 Å². The van der Waals surface area contributed by atoms with Gasteiger partial charge in [-0.25, -0.2) is 4.90 Å². The van der Waals surface area contributed by atoms with Gasteiger partial charge in [-0.2, -0.15) is 0 Å². The molecule has 0 radical (unpaired) electrons. The molecule has 1 aromatic carbocycles. The van der Waals surface area contributed by atoms with Gasteiger partial charge in [-0.05, 0) is 69.6 Å². The summed E-state index contributed by atoms with van der Waals surface area (Å²) >= 11 is 5.64. The van der Waals surface area contributed by atoms with Crippen LogP contribution in [0.5, 0.6) is 0 Å². The molecule has 0 aromatic heterocycles. The molecule has 2 fully saturated rings. The first-order valence-electron chi connectivity index (χ1n) is 6.36. The molecule has 19 heavy (non-hydrogen) atoms. The molecule has 2 aliphatic rings. The SMILES string of the molecule is O=C1CC2(CCCC2)C(=O)N1c1cc(I)ccc1Br. The van der Waals surface area contributed by atoms with Crippen molar-refractivity contribution in [1.29, 1.82) is 0 Å². The number of hydrogen-bond donors (Lipinski definition) is 0. The van der Waals surface area contributed by atoms with Crippen molar-refractivity contribution < 1.29 is 9.59 Å². The molecule has 0 N–H and O–H groups in total. The van der Waals surface area contributed by atoms with Gasteiger partial charge >= 0.3 is 0 Å². The molecule has 1 aliphatic carbocycles. The highest BCUT2D eigenvalue weighted by atomic mass is 127. The predicted molar refractivity (Wildman–Crippen MR) is 84.9 cm³/mol. The van der Waals surface area contributed by atoms with E-state index in [0.717, 1.165) is 33.7 Å². The minimum Gasteiger partial charge on any atom is -0.274 e. The minimum atomic E-state index is -0.405. The maximum Gasteiger partial charge on any atom is 0.240 e. The summed E-state index contributed by atoms with van der Waals surface area (Å²) in [6.45, 7) is 0. The quantitative estimate of drug-likeness (QED) is 0.497. The van der Waals surface area contributed by atoms with Gasteiger partial charge < -0.3 is 0 Å². The molecule has 5 heteroatoms. The van der Waals surface area contributed by atoms with Gasteiger partial charge in [-0.15, -0.1) is 0 Å². The number of benzene rings is 1. The second-order valence-corrected chi connectivity index (χ2v) is 7.39. The van der Waals surface area contributed by atoms with E-state index in [1.54, 1.807) is 0 Å². The molecule has 1 aromatic rings. The summed E-state index contributed by atoms with van der Waals surface area (Å²) in [5, 5.41) is 0. The summed E-state index contributed by atoms with van der Waals surface area (Å²) in [5.41, 5.74) is 0.281. The van der Waals surface area contributed by atoms with Gasteiger partial charge in [0.25, 0.3) is 0 Å². The van der Waals surface area contributed by atoms with Gasteiger partial charge in [-0.3, -0.25) is 9.59 Å². The third kappa shape index (κ3) is 2.14. The lowest BCUT2D eigenvalue weighted by molar-refractivity contribution is -0.125. The molecule has 1 aliphatic heterocycles. The Labute approximate surface area is 134 Å². The second-order valence-electron chi connectivity index (χ2n) is 5.29. The largest absolute Gasteiger partial charge is 0.274 e. The third-order valence-electron chi connectivity index (χ3n) is 4.11. The molecule has 1 heterocycles. The number of rotatable bonds is 1. The Morgan fingerprint density at radius 1 is 1.21 bits per heavy atom. The minimum absolute atomic E-state index is 0.00213. The second kappa shape index (κ2) is 4.84. The van der Waals surface area contributed by atoms with Crippen LogP contribution in [0.4, 0.5) is 5.69 Å². The van der Waals surface area contributed by atoms with E-state index >= 15 is 0 Å². The van der Waals surface area contributed by atoms with E-state index in [1.165, 1.54) is 4.90 Å². The van der Waals surface area contributed by atoms with Gasteiger partial charge in [0.05, 0.1) is 11.1 Å². The van der Waals surface area contributed by atoms with Gasteiger partial charge in [0.2, 0.25) is 11.8 Å². The fourth-order valence-electron chi connectivity index (χ4n) is 3.14. The fraction of sp³-hybridized carbons (Fsp3) is 0.429. The Bertz CT molecular complexity index is 567. The van der Waals surface area contributed by atoms with Crippen LogP contribution in [0, 0.1) is 8.99 Å². The van der Waals surface area contributed by atoms with Crippen LogP contribution in [-0.4, -0.2) is 11.8 Å². The number of halogens is 2. The van der Waals surface area contributed by atoms with Crippen LogP contribution in [0.25, 0.3) is 0 Å². The zero-order valence-electron chi connectivity index (χ0n) is 10.3. The van der Waals surface area contributed by atoms with E-state index in [0.29, 0.717) is 12.1 Å². The van der Waals surface area contributed by atoms with Crippen molar-refractivity contribution in [2.75, 3.05) is 4.90 Å². The van der Waals surface area contributed by atoms with Crippen molar-refractivity contribution in [3.8, 4) is 0 Å². The summed E-state index contributed by atoms with van der Waals surface area (Å²) < 4.78 is 1.81. The number of carbonyl (C=O) groups is 2. The lowest BCUT2D eigenvalue weighted by Crippen LogP contribution is -2.34. The van der Waals surface area contributed by atoms with Gasteiger partial charge in [0.15, 0.2) is 0 Å². The maximum absolute atomic E-state index is 12.7. The highest BCUT2D eigenvalue weighted by Crippen LogP contribution is 2.48. The first-order valence-corrected chi connectivity index (χ1v) is 8.23. The number of nitrogens with zero attached hydrogens (tertiary/aromatic N) is 1. The topological polar surface area (TPSA) is 37.4 Å². The van der Waals surface area contributed by atoms with E-state index in [2.05, 4.69) is 38.5 Å². The Morgan fingerprint density at radius 2 is 1.89 bits per heavy atom. The zero-order valence-corrected chi connectivity index (χ0v) is 14.0. The average Bonchev–Trinajstić information content (AvgIpc) is 2.91. The summed E-state index contributed by atoms with van der Waals surface area (Å²) in [6, 6.07) is 5.72. The number of hydrogen-bond acceptors (Lipinski definition) is 2. The maximum atomic E-state index is 12.7. The van der Waals surface area contributed by atoms with Crippen molar-refractivity contribution in [2.24, 2.45) is 5.41 Å². The first-order chi connectivity index (χ1) is 9.03. The molecule has 1 spiro atoms. The van der Waals surface area contributed by atoms with E-state index in [9.17, 15) is 9.59 Å². The molecule has 0 bridgehead atoms. The lowest BCUT2D eigenvalue weighted by atomic mass is 9.84. The lowest BCUT2D eigenvalue weighted by Gasteiger charge is -2.21. The smallest absolute Gasteiger partial charge is 0.240 e. The molecule has 1 saturated heterocycles. The van der Waals surface area contributed by atoms with Gasteiger partial charge in [0, 0.05) is 14.5 Å². The van der Waals surface area contributed by atoms with Gasteiger partial charge in [0.1, 0.15) is 0 Å². The van der Waals surface area contributed by atoms with Crippen LogP contribution in [0.2, 0.25) is 0 Å². The Morgan fingerprint density at radius 3 is 2.58 bits per heavy atom. The molecule has 3 nitrogen and oxygen atoms in total. The Hall–Kier alpha value is -0.430. The van der Waals surface area contributed by atoms with Crippen molar-refractivity contribution >= 4 is 56.0 Å². The van der Waals surface area contributed by atoms with E-state index in [4.69, 9.17) is 0 Å². The van der Waals surface area contributed by atoms with E-state index in [-0.39, 0.29) is 11.8 Å². The number of carbonyl (C=O) groups excluding carboxylic acids is 2. The number of imide groups is 1. The fourth-order valence-corrected chi connectivity index (χ4v) is 4.04. The standard InChI is InChI=1S/C14H13BrINO2/c15-10-4-3-9(16)7-11(10)17-12(18)8-14(13(17)19)5-1-2-6-14/h3-4,7H,1-2,5-6,8H2. The van der Waals surface area contributed by atoms with Crippen LogP contribution in [-0.2, 0) is 9.59 Å². The Balaban J connectivity index is 2.03. The van der Waals surface area contributed by atoms with Crippen molar-refractivity contribution in [3.05, 3.63) is 26.2 Å². The molecule has 0 unspecified atom stereocenters. The molecular weight excluding hydrogens is 421 g/mol. The van der Waals surface area contributed by atoms with Crippen molar-refractivity contribution in [1.82, 2.24) is 0 Å².